The van der Waals surface area contributed by atoms with Gasteiger partial charge in [-0.1, -0.05) is 30.3 Å². The zero-order chi connectivity index (χ0) is 27.9. The Balaban J connectivity index is 1.85. The number of thiazole rings is 1. The van der Waals surface area contributed by atoms with Crippen molar-refractivity contribution < 1.29 is 33.6 Å². The Kier molecular flexibility index (Phi) is 9.28. The third kappa shape index (κ3) is 7.36. The summed E-state index contributed by atoms with van der Waals surface area (Å²) >= 11 is 1.09. The number of hydrogen-bond donors (Lipinski definition) is 1. The summed E-state index contributed by atoms with van der Waals surface area (Å²) in [6.07, 6.45) is 0.0643. The lowest BCUT2D eigenvalue weighted by atomic mass is 9.99. The third-order valence-corrected chi connectivity index (χ3v) is 9.52. The van der Waals surface area contributed by atoms with Crippen molar-refractivity contribution in [1.29, 1.82) is 0 Å². The molecule has 1 N–H and O–H groups in total. The van der Waals surface area contributed by atoms with E-state index in [9.17, 15) is 22.8 Å². The van der Waals surface area contributed by atoms with Gasteiger partial charge in [-0.3, -0.25) is 9.59 Å². The first-order chi connectivity index (χ1) is 17.9. The van der Waals surface area contributed by atoms with Crippen LogP contribution in [-0.4, -0.2) is 86.0 Å². The van der Waals surface area contributed by atoms with Crippen molar-refractivity contribution in [2.45, 2.75) is 37.5 Å². The van der Waals surface area contributed by atoms with Gasteiger partial charge in [0.15, 0.2) is 9.84 Å². The summed E-state index contributed by atoms with van der Waals surface area (Å²) in [6.45, 7) is 3.96. The molecule has 2 heterocycles. The summed E-state index contributed by atoms with van der Waals surface area (Å²) in [5.41, 5.74) is 1.23. The molecule has 3 rings (SSSR count). The smallest absolute Gasteiger partial charge is 0.328 e. The minimum Gasteiger partial charge on any atom is -0.467 e. The molecule has 0 unspecified atom stereocenters. The molecule has 2 atom stereocenters. The SMILES string of the molecule is [2H]c1nc(C[C@H](NC(=O)[C@H](Cc2ccccc2)CS(=O)(=O)C(C)(C)C(=O)N2CCOCC2)C(=O)OC)cs1. The van der Waals surface area contributed by atoms with E-state index in [0.717, 1.165) is 16.9 Å². The van der Waals surface area contributed by atoms with Crippen molar-refractivity contribution in [2.75, 3.05) is 39.2 Å². The summed E-state index contributed by atoms with van der Waals surface area (Å²) in [5, 5.41) is 4.23. The number of benzene rings is 1. The van der Waals surface area contributed by atoms with Crippen LogP contribution in [0.1, 0.15) is 26.5 Å². The molecule has 0 aliphatic carbocycles. The van der Waals surface area contributed by atoms with Gasteiger partial charge < -0.3 is 19.7 Å². The van der Waals surface area contributed by atoms with Gasteiger partial charge in [-0.05, 0) is 25.8 Å². The maximum atomic E-state index is 13.6. The number of carbonyl (C=O) groups excluding carboxylic acids is 3. The number of esters is 1. The van der Waals surface area contributed by atoms with Crippen LogP contribution in [0.3, 0.4) is 0 Å². The number of hydrogen-bond acceptors (Lipinski definition) is 9. The largest absolute Gasteiger partial charge is 0.467 e. The van der Waals surface area contributed by atoms with Gasteiger partial charge >= 0.3 is 5.97 Å². The molecule has 1 aliphatic heterocycles. The fraction of sp³-hybridized carbons (Fsp3) is 0.520. The first-order valence-electron chi connectivity index (χ1n) is 12.4. The maximum Gasteiger partial charge on any atom is 0.328 e. The molecular weight excluding hydrogens is 518 g/mol. The Morgan fingerprint density at radius 3 is 2.49 bits per heavy atom. The lowest BCUT2D eigenvalue weighted by molar-refractivity contribution is -0.145. The summed E-state index contributed by atoms with van der Waals surface area (Å²) in [6, 6.07) is 7.80. The minimum atomic E-state index is -4.13. The average molecular weight is 553 g/mol. The molecule has 1 aromatic heterocycles. The van der Waals surface area contributed by atoms with E-state index in [1.165, 1.54) is 25.9 Å². The van der Waals surface area contributed by atoms with Crippen LogP contribution in [0.4, 0.5) is 0 Å². The molecule has 202 valence electrons. The van der Waals surface area contributed by atoms with E-state index in [0.29, 0.717) is 32.0 Å². The highest BCUT2D eigenvalue weighted by Crippen LogP contribution is 2.25. The number of amides is 2. The predicted molar refractivity (Wildman–Crippen MR) is 139 cm³/mol. The van der Waals surface area contributed by atoms with Crippen LogP contribution >= 0.6 is 11.3 Å². The van der Waals surface area contributed by atoms with Crippen molar-refractivity contribution in [3.63, 3.8) is 0 Å². The average Bonchev–Trinajstić information content (AvgIpc) is 3.32. The molecule has 1 aromatic carbocycles. The van der Waals surface area contributed by atoms with Gasteiger partial charge in [-0.15, -0.1) is 11.3 Å². The zero-order valence-electron chi connectivity index (χ0n) is 22.1. The van der Waals surface area contributed by atoms with Crippen LogP contribution in [0, 0.1) is 5.92 Å². The predicted octanol–water partition coefficient (Wildman–Crippen LogP) is 1.25. The highest BCUT2D eigenvalue weighted by molar-refractivity contribution is 7.93. The zero-order valence-corrected chi connectivity index (χ0v) is 22.8. The molecule has 1 aliphatic rings. The van der Waals surface area contributed by atoms with E-state index < -0.39 is 50.1 Å². The van der Waals surface area contributed by atoms with Crippen molar-refractivity contribution in [3.8, 4) is 0 Å². The minimum absolute atomic E-state index is 0.0143. The molecular formula is C25H33N3O7S2. The molecule has 37 heavy (non-hydrogen) atoms. The van der Waals surface area contributed by atoms with Gasteiger partial charge in [0, 0.05) is 24.9 Å². The molecule has 0 bridgehead atoms. The van der Waals surface area contributed by atoms with Crippen LogP contribution < -0.4 is 5.32 Å². The Morgan fingerprint density at radius 1 is 1.22 bits per heavy atom. The standard InChI is InChI=1S/C25H33N3O7S2/c1-25(2,24(31)28-9-11-35-12-10-28)37(32,33)16-19(13-18-7-5-4-6-8-18)22(29)27-21(23(30)34-3)14-20-15-36-17-26-20/h4-8,15,17,19,21H,9-14,16H2,1-3H3,(H,27,29)/t19-,21+/m1/s1/i17D. The monoisotopic (exact) mass is 552 g/mol. The van der Waals surface area contributed by atoms with Crippen molar-refractivity contribution in [2.24, 2.45) is 5.92 Å². The van der Waals surface area contributed by atoms with Gasteiger partial charge in [0.05, 0.1) is 44.5 Å². The number of ether oxygens (including phenoxy) is 2. The van der Waals surface area contributed by atoms with Gasteiger partial charge in [0.25, 0.3) is 0 Å². The van der Waals surface area contributed by atoms with Crippen molar-refractivity contribution in [3.05, 3.63) is 52.5 Å². The van der Waals surface area contributed by atoms with E-state index >= 15 is 0 Å². The Labute approximate surface area is 222 Å². The van der Waals surface area contributed by atoms with E-state index in [-0.39, 0.29) is 18.3 Å². The lowest BCUT2D eigenvalue weighted by Gasteiger charge is -2.34. The normalized spacial score (nSPS) is 16.4. The molecule has 2 aromatic rings. The van der Waals surface area contributed by atoms with Crippen LogP contribution in [0.15, 0.2) is 41.2 Å². The molecule has 1 fully saturated rings. The van der Waals surface area contributed by atoms with Crippen LogP contribution in [0.5, 0.6) is 0 Å². The second-order valence-corrected chi connectivity index (χ2v) is 12.5. The number of sulfone groups is 1. The number of nitrogens with one attached hydrogen (secondary N) is 1. The van der Waals surface area contributed by atoms with Crippen LogP contribution in [0.25, 0.3) is 0 Å². The third-order valence-electron chi connectivity index (χ3n) is 6.36. The topological polar surface area (TPSA) is 132 Å². The first kappa shape index (κ1) is 27.2. The van der Waals surface area contributed by atoms with Crippen LogP contribution in [0.2, 0.25) is 0 Å². The van der Waals surface area contributed by atoms with Crippen molar-refractivity contribution in [1.82, 2.24) is 15.2 Å². The fourth-order valence-electron chi connectivity index (χ4n) is 4.01. The molecule has 1 saturated heterocycles. The Bertz CT molecular complexity index is 1230. The Morgan fingerprint density at radius 2 is 1.89 bits per heavy atom. The van der Waals surface area contributed by atoms with E-state index in [1.807, 2.05) is 0 Å². The summed E-state index contributed by atoms with van der Waals surface area (Å²) < 4.78 is 43.2. The molecule has 2 amide bonds. The van der Waals surface area contributed by atoms with E-state index in [1.54, 1.807) is 35.7 Å². The summed E-state index contributed by atoms with van der Waals surface area (Å²) in [4.78, 5) is 44.6. The number of methoxy groups -OCH3 is 1. The van der Waals surface area contributed by atoms with Crippen molar-refractivity contribution >= 4 is 39.0 Å². The molecule has 0 saturated carbocycles. The van der Waals surface area contributed by atoms with E-state index in [2.05, 4.69) is 10.3 Å². The maximum absolute atomic E-state index is 13.6. The lowest BCUT2D eigenvalue weighted by Crippen LogP contribution is -2.55. The second-order valence-electron chi connectivity index (χ2n) is 9.30. The first-order valence-corrected chi connectivity index (χ1v) is 14.4. The van der Waals surface area contributed by atoms with E-state index in [4.69, 9.17) is 10.8 Å². The number of aromatic nitrogens is 1. The molecule has 0 radical (unpaired) electrons. The summed E-state index contributed by atoms with van der Waals surface area (Å²) in [7, 11) is -2.95. The quantitative estimate of drug-likeness (QED) is 0.412. The number of rotatable bonds is 11. The van der Waals surface area contributed by atoms with Crippen LogP contribution in [-0.2, 0) is 46.5 Å². The molecule has 10 nitrogen and oxygen atoms in total. The highest BCUT2D eigenvalue weighted by atomic mass is 32.2. The van der Waals surface area contributed by atoms with Gasteiger partial charge in [0.1, 0.15) is 10.8 Å². The highest BCUT2D eigenvalue weighted by Gasteiger charge is 2.46. The fourth-order valence-corrected chi connectivity index (χ4v) is 6.13. The second kappa shape index (κ2) is 12.6. The molecule has 0 spiro atoms. The number of morpholine rings is 1. The van der Waals surface area contributed by atoms with Gasteiger partial charge in [-0.2, -0.15) is 0 Å². The number of carbonyl (C=O) groups is 3. The van der Waals surface area contributed by atoms with Gasteiger partial charge in [-0.25, -0.2) is 18.2 Å². The molecule has 12 heteroatoms. The summed E-state index contributed by atoms with van der Waals surface area (Å²) in [5.74, 6) is -3.61. The van der Waals surface area contributed by atoms with Gasteiger partial charge in [0.2, 0.25) is 11.8 Å². The Hall–Kier alpha value is -2.83. The number of nitrogens with zero attached hydrogens (tertiary/aromatic N) is 2.